The Morgan fingerprint density at radius 2 is 1.62 bits per heavy atom. The lowest BCUT2D eigenvalue weighted by Gasteiger charge is -2.06. The molecule has 0 saturated heterocycles. The van der Waals surface area contributed by atoms with Gasteiger partial charge in [-0.3, -0.25) is 0 Å². The van der Waals surface area contributed by atoms with E-state index in [1.54, 1.807) is 30.3 Å². The van der Waals surface area contributed by atoms with Crippen molar-refractivity contribution in [3.8, 4) is 11.3 Å². The summed E-state index contributed by atoms with van der Waals surface area (Å²) in [6.07, 6.45) is -3.40. The van der Waals surface area contributed by atoms with E-state index in [0.717, 1.165) is 6.20 Å². The molecule has 0 amide bonds. The molecule has 0 bridgehead atoms. The van der Waals surface area contributed by atoms with Gasteiger partial charge in [0.15, 0.2) is 0 Å². The quantitative estimate of drug-likeness (QED) is 0.743. The standard InChI is InChI=1S/C11H7F3N2/c12-11(13,14)10-15-7-6-9(16-10)8-4-2-1-3-5-8/h1-7H. The second kappa shape index (κ2) is 3.92. The van der Waals surface area contributed by atoms with Gasteiger partial charge in [0, 0.05) is 11.8 Å². The molecule has 2 nitrogen and oxygen atoms in total. The fourth-order valence-corrected chi connectivity index (χ4v) is 1.26. The van der Waals surface area contributed by atoms with Gasteiger partial charge in [0.05, 0.1) is 5.69 Å². The van der Waals surface area contributed by atoms with Gasteiger partial charge < -0.3 is 0 Å². The summed E-state index contributed by atoms with van der Waals surface area (Å²) >= 11 is 0. The molecule has 82 valence electrons. The Bertz CT molecular complexity index is 480. The van der Waals surface area contributed by atoms with Gasteiger partial charge in [-0.25, -0.2) is 9.97 Å². The van der Waals surface area contributed by atoms with Gasteiger partial charge in [-0.15, -0.1) is 0 Å². The van der Waals surface area contributed by atoms with Crippen LogP contribution in [0.5, 0.6) is 0 Å². The highest BCUT2D eigenvalue weighted by Gasteiger charge is 2.34. The Morgan fingerprint density at radius 3 is 2.25 bits per heavy atom. The smallest absolute Gasteiger partial charge is 0.233 e. The maximum atomic E-state index is 12.4. The van der Waals surface area contributed by atoms with Crippen LogP contribution < -0.4 is 0 Å². The number of benzene rings is 1. The first-order valence-electron chi connectivity index (χ1n) is 4.53. The van der Waals surface area contributed by atoms with Gasteiger partial charge >= 0.3 is 6.18 Å². The monoisotopic (exact) mass is 224 g/mol. The molecule has 2 rings (SSSR count). The molecule has 5 heteroatoms. The van der Waals surface area contributed by atoms with Crippen molar-refractivity contribution in [1.82, 2.24) is 9.97 Å². The van der Waals surface area contributed by atoms with Gasteiger partial charge in [0.25, 0.3) is 0 Å². The lowest BCUT2D eigenvalue weighted by Crippen LogP contribution is -2.10. The van der Waals surface area contributed by atoms with Crippen molar-refractivity contribution in [1.29, 1.82) is 0 Å². The van der Waals surface area contributed by atoms with Crippen LogP contribution in [0.1, 0.15) is 5.82 Å². The van der Waals surface area contributed by atoms with Crippen molar-refractivity contribution in [3.05, 3.63) is 48.4 Å². The summed E-state index contributed by atoms with van der Waals surface area (Å²) in [6.45, 7) is 0. The average Bonchev–Trinajstić information content (AvgIpc) is 2.29. The summed E-state index contributed by atoms with van der Waals surface area (Å²) in [4.78, 5) is 6.68. The molecule has 0 spiro atoms. The second-order valence-electron chi connectivity index (χ2n) is 3.13. The van der Waals surface area contributed by atoms with Crippen molar-refractivity contribution in [2.45, 2.75) is 6.18 Å². The van der Waals surface area contributed by atoms with Gasteiger partial charge in [0.2, 0.25) is 5.82 Å². The Balaban J connectivity index is 2.45. The summed E-state index contributed by atoms with van der Waals surface area (Å²) in [5.74, 6) is -1.12. The molecule has 16 heavy (non-hydrogen) atoms. The van der Waals surface area contributed by atoms with Crippen LogP contribution in [-0.4, -0.2) is 9.97 Å². The minimum absolute atomic E-state index is 0.267. The lowest BCUT2D eigenvalue weighted by molar-refractivity contribution is -0.144. The van der Waals surface area contributed by atoms with Crippen molar-refractivity contribution < 1.29 is 13.2 Å². The molecular weight excluding hydrogens is 217 g/mol. The fraction of sp³-hybridized carbons (Fsp3) is 0.0909. The van der Waals surface area contributed by atoms with Gasteiger partial charge in [-0.2, -0.15) is 13.2 Å². The molecule has 0 radical (unpaired) electrons. The van der Waals surface area contributed by atoms with Crippen LogP contribution in [0, 0.1) is 0 Å². The zero-order chi connectivity index (χ0) is 11.6. The highest BCUT2D eigenvalue weighted by Crippen LogP contribution is 2.27. The second-order valence-corrected chi connectivity index (χ2v) is 3.13. The molecule has 1 aromatic heterocycles. The third-order valence-electron chi connectivity index (χ3n) is 1.98. The number of halogens is 3. The highest BCUT2D eigenvalue weighted by molar-refractivity contribution is 5.58. The first kappa shape index (κ1) is 10.6. The Hall–Kier alpha value is -1.91. The summed E-state index contributed by atoms with van der Waals surface area (Å²) < 4.78 is 37.1. The Morgan fingerprint density at radius 1 is 0.938 bits per heavy atom. The molecule has 0 aliphatic rings. The van der Waals surface area contributed by atoms with Crippen LogP contribution in [0.4, 0.5) is 13.2 Å². The highest BCUT2D eigenvalue weighted by atomic mass is 19.4. The molecule has 1 aromatic carbocycles. The molecule has 0 N–H and O–H groups in total. The summed E-state index contributed by atoms with van der Waals surface area (Å²) in [7, 11) is 0. The molecule has 1 heterocycles. The van der Waals surface area contributed by atoms with E-state index in [1.165, 1.54) is 6.07 Å². The van der Waals surface area contributed by atoms with E-state index in [9.17, 15) is 13.2 Å². The molecule has 0 saturated carbocycles. The van der Waals surface area contributed by atoms with Crippen molar-refractivity contribution in [2.24, 2.45) is 0 Å². The predicted octanol–water partition coefficient (Wildman–Crippen LogP) is 3.16. The SMILES string of the molecule is FC(F)(F)c1nccc(-c2ccccc2)n1. The maximum Gasteiger partial charge on any atom is 0.451 e. The predicted molar refractivity (Wildman–Crippen MR) is 52.5 cm³/mol. The van der Waals surface area contributed by atoms with E-state index >= 15 is 0 Å². The minimum atomic E-state index is -4.51. The molecule has 0 unspecified atom stereocenters. The van der Waals surface area contributed by atoms with Gasteiger partial charge in [-0.05, 0) is 6.07 Å². The first-order chi connectivity index (χ1) is 7.57. The van der Waals surface area contributed by atoms with E-state index in [4.69, 9.17) is 0 Å². The van der Waals surface area contributed by atoms with Crippen LogP contribution in [-0.2, 0) is 6.18 Å². The Labute approximate surface area is 89.8 Å². The van der Waals surface area contributed by atoms with Gasteiger partial charge in [-0.1, -0.05) is 30.3 Å². The molecule has 0 atom stereocenters. The van der Waals surface area contributed by atoms with E-state index in [2.05, 4.69) is 9.97 Å². The van der Waals surface area contributed by atoms with E-state index in [1.807, 2.05) is 0 Å². The lowest BCUT2D eigenvalue weighted by atomic mass is 10.1. The van der Waals surface area contributed by atoms with E-state index in [-0.39, 0.29) is 5.69 Å². The van der Waals surface area contributed by atoms with Crippen LogP contribution in [0.2, 0.25) is 0 Å². The third-order valence-corrected chi connectivity index (χ3v) is 1.98. The van der Waals surface area contributed by atoms with Crippen LogP contribution in [0.3, 0.4) is 0 Å². The number of aromatic nitrogens is 2. The summed E-state index contributed by atoms with van der Waals surface area (Å²) in [5.41, 5.74) is 0.901. The molecular formula is C11H7F3N2. The average molecular weight is 224 g/mol. The first-order valence-corrected chi connectivity index (χ1v) is 4.53. The van der Waals surface area contributed by atoms with Gasteiger partial charge in [0.1, 0.15) is 0 Å². The van der Waals surface area contributed by atoms with Crippen molar-refractivity contribution in [2.75, 3.05) is 0 Å². The molecule has 0 aliphatic carbocycles. The number of rotatable bonds is 1. The van der Waals surface area contributed by atoms with Crippen LogP contribution in [0.25, 0.3) is 11.3 Å². The van der Waals surface area contributed by atoms with Crippen LogP contribution >= 0.6 is 0 Å². The fourth-order valence-electron chi connectivity index (χ4n) is 1.26. The number of hydrogen-bond acceptors (Lipinski definition) is 2. The molecule has 2 aromatic rings. The minimum Gasteiger partial charge on any atom is -0.233 e. The van der Waals surface area contributed by atoms with Crippen molar-refractivity contribution in [3.63, 3.8) is 0 Å². The topological polar surface area (TPSA) is 25.8 Å². The maximum absolute atomic E-state index is 12.4. The van der Waals surface area contributed by atoms with E-state index in [0.29, 0.717) is 5.56 Å². The largest absolute Gasteiger partial charge is 0.451 e. The summed E-state index contributed by atoms with van der Waals surface area (Å²) in [6, 6.07) is 10.1. The summed E-state index contributed by atoms with van der Waals surface area (Å²) in [5, 5.41) is 0. The number of hydrogen-bond donors (Lipinski definition) is 0. The number of alkyl halides is 3. The Kier molecular flexibility index (Phi) is 2.60. The van der Waals surface area contributed by atoms with Crippen LogP contribution in [0.15, 0.2) is 42.6 Å². The van der Waals surface area contributed by atoms with E-state index < -0.39 is 12.0 Å². The molecule has 0 fully saturated rings. The normalized spacial score (nSPS) is 11.4. The zero-order valence-corrected chi connectivity index (χ0v) is 8.07. The van der Waals surface area contributed by atoms with Crippen molar-refractivity contribution >= 4 is 0 Å². The third kappa shape index (κ3) is 2.18. The molecule has 0 aliphatic heterocycles. The zero-order valence-electron chi connectivity index (χ0n) is 8.07. The number of nitrogens with zero attached hydrogens (tertiary/aromatic N) is 2.